The summed E-state index contributed by atoms with van der Waals surface area (Å²) in [5.74, 6) is 0.856. The van der Waals surface area contributed by atoms with E-state index in [1.165, 1.54) is 0 Å². The number of hydrogen-bond acceptors (Lipinski definition) is 3. The van der Waals surface area contributed by atoms with E-state index >= 15 is 0 Å². The van der Waals surface area contributed by atoms with Crippen molar-refractivity contribution < 1.29 is 4.74 Å². The van der Waals surface area contributed by atoms with Gasteiger partial charge in [0.15, 0.2) is 0 Å². The number of hydrogen-bond donors (Lipinski definition) is 1. The van der Waals surface area contributed by atoms with Gasteiger partial charge in [-0.1, -0.05) is 18.2 Å². The van der Waals surface area contributed by atoms with Crippen molar-refractivity contribution in [3.63, 3.8) is 0 Å². The topological polar surface area (TPSA) is 59.0 Å². The zero-order valence-electron chi connectivity index (χ0n) is 9.65. The molecule has 1 aromatic carbocycles. The highest BCUT2D eigenvalue weighted by Gasteiger charge is 2.06. The Labute approximate surface area is 96.8 Å². The first kappa shape index (κ1) is 12.5. The second-order valence-electron chi connectivity index (χ2n) is 3.79. The predicted molar refractivity (Wildman–Crippen MR) is 64.0 cm³/mol. The average Bonchev–Trinajstić information content (AvgIpc) is 2.29. The van der Waals surface area contributed by atoms with Gasteiger partial charge < -0.3 is 10.5 Å². The molecule has 0 aliphatic heterocycles. The molecule has 1 aromatic rings. The van der Waals surface area contributed by atoms with E-state index in [2.05, 4.69) is 6.07 Å². The molecule has 1 rings (SSSR count). The standard InChI is InChI=1S/C13H18N2O/c1-11(15)12-7-3-4-8-13(12)16-10-6-2-5-9-14/h3-4,7-8,11H,2,5-6,10,15H2,1H3/t11-/m1/s1. The summed E-state index contributed by atoms with van der Waals surface area (Å²) in [5.41, 5.74) is 6.87. The summed E-state index contributed by atoms with van der Waals surface area (Å²) in [4.78, 5) is 0. The predicted octanol–water partition coefficient (Wildman–Crippen LogP) is 2.78. The molecule has 2 N–H and O–H groups in total. The monoisotopic (exact) mass is 218 g/mol. The lowest BCUT2D eigenvalue weighted by Crippen LogP contribution is -2.08. The fraction of sp³-hybridized carbons (Fsp3) is 0.462. The molecule has 0 aromatic heterocycles. The number of ether oxygens (including phenoxy) is 1. The highest BCUT2D eigenvalue weighted by atomic mass is 16.5. The zero-order chi connectivity index (χ0) is 11.8. The third-order valence-electron chi connectivity index (χ3n) is 2.35. The molecular weight excluding hydrogens is 200 g/mol. The number of benzene rings is 1. The van der Waals surface area contributed by atoms with Gasteiger partial charge in [-0.3, -0.25) is 0 Å². The summed E-state index contributed by atoms with van der Waals surface area (Å²) in [6.45, 7) is 2.59. The van der Waals surface area contributed by atoms with Crippen LogP contribution in [0.4, 0.5) is 0 Å². The van der Waals surface area contributed by atoms with Crippen LogP contribution in [0.1, 0.15) is 37.8 Å². The van der Waals surface area contributed by atoms with Gasteiger partial charge in [0, 0.05) is 18.0 Å². The molecule has 0 radical (unpaired) electrons. The van der Waals surface area contributed by atoms with Gasteiger partial charge in [0.1, 0.15) is 5.75 Å². The summed E-state index contributed by atoms with van der Waals surface area (Å²) in [6.07, 6.45) is 2.38. The van der Waals surface area contributed by atoms with Crippen LogP contribution in [0.2, 0.25) is 0 Å². The quantitative estimate of drug-likeness (QED) is 0.747. The third kappa shape index (κ3) is 3.92. The lowest BCUT2D eigenvalue weighted by molar-refractivity contribution is 0.303. The molecule has 0 spiro atoms. The van der Waals surface area contributed by atoms with Crippen molar-refractivity contribution in [3.05, 3.63) is 29.8 Å². The van der Waals surface area contributed by atoms with Crippen molar-refractivity contribution in [2.24, 2.45) is 5.73 Å². The largest absolute Gasteiger partial charge is 0.493 e. The summed E-state index contributed by atoms with van der Waals surface area (Å²) >= 11 is 0. The maximum absolute atomic E-state index is 8.39. The van der Waals surface area contributed by atoms with Gasteiger partial charge in [-0.15, -0.1) is 0 Å². The van der Waals surface area contributed by atoms with Gasteiger partial charge in [0.25, 0.3) is 0 Å². The van der Waals surface area contributed by atoms with Crippen LogP contribution in [0.3, 0.4) is 0 Å². The SMILES string of the molecule is C[C@@H](N)c1ccccc1OCCCCC#N. The normalized spacial score (nSPS) is 11.8. The molecule has 0 heterocycles. The van der Waals surface area contributed by atoms with E-state index in [-0.39, 0.29) is 6.04 Å². The minimum Gasteiger partial charge on any atom is -0.493 e. The Balaban J connectivity index is 2.44. The van der Waals surface area contributed by atoms with Crippen molar-refractivity contribution in [2.45, 2.75) is 32.2 Å². The molecule has 0 fully saturated rings. The summed E-state index contributed by atoms with van der Waals surface area (Å²) in [5, 5.41) is 8.39. The van der Waals surface area contributed by atoms with Crippen LogP contribution < -0.4 is 10.5 Å². The molecule has 86 valence electrons. The zero-order valence-corrected chi connectivity index (χ0v) is 9.65. The Kier molecular flexibility index (Phi) is 5.38. The third-order valence-corrected chi connectivity index (χ3v) is 2.35. The molecule has 0 aliphatic rings. The molecule has 3 nitrogen and oxygen atoms in total. The fourth-order valence-corrected chi connectivity index (χ4v) is 1.48. The number of rotatable bonds is 6. The van der Waals surface area contributed by atoms with Gasteiger partial charge in [0.2, 0.25) is 0 Å². The van der Waals surface area contributed by atoms with E-state index in [0.717, 1.165) is 24.2 Å². The van der Waals surface area contributed by atoms with E-state index in [1.54, 1.807) is 0 Å². The van der Waals surface area contributed by atoms with Crippen molar-refractivity contribution >= 4 is 0 Å². The first-order valence-electron chi connectivity index (χ1n) is 5.60. The number of unbranched alkanes of at least 4 members (excludes halogenated alkanes) is 2. The van der Waals surface area contributed by atoms with Crippen LogP contribution in [-0.2, 0) is 0 Å². The van der Waals surface area contributed by atoms with E-state index < -0.39 is 0 Å². The second kappa shape index (κ2) is 6.86. The van der Waals surface area contributed by atoms with E-state index in [0.29, 0.717) is 13.0 Å². The number of nitriles is 1. The maximum Gasteiger partial charge on any atom is 0.124 e. The van der Waals surface area contributed by atoms with E-state index in [9.17, 15) is 0 Å². The van der Waals surface area contributed by atoms with Crippen LogP contribution in [0.15, 0.2) is 24.3 Å². The second-order valence-corrected chi connectivity index (χ2v) is 3.79. The minimum atomic E-state index is -0.0182. The summed E-state index contributed by atoms with van der Waals surface area (Å²) in [7, 11) is 0. The lowest BCUT2D eigenvalue weighted by Gasteiger charge is -2.13. The first-order chi connectivity index (χ1) is 7.75. The summed E-state index contributed by atoms with van der Waals surface area (Å²) < 4.78 is 5.66. The minimum absolute atomic E-state index is 0.0182. The Bertz CT molecular complexity index is 355. The van der Waals surface area contributed by atoms with Gasteiger partial charge in [-0.05, 0) is 25.8 Å². The van der Waals surface area contributed by atoms with Gasteiger partial charge in [0.05, 0.1) is 12.7 Å². The number of nitrogens with two attached hydrogens (primary N) is 1. The Morgan fingerprint density at radius 1 is 1.38 bits per heavy atom. The van der Waals surface area contributed by atoms with Gasteiger partial charge in [-0.25, -0.2) is 0 Å². The average molecular weight is 218 g/mol. The van der Waals surface area contributed by atoms with Gasteiger partial charge in [-0.2, -0.15) is 5.26 Å². The number of nitrogens with zero attached hydrogens (tertiary/aromatic N) is 1. The van der Waals surface area contributed by atoms with Crippen molar-refractivity contribution in [2.75, 3.05) is 6.61 Å². The van der Waals surface area contributed by atoms with Crippen LogP contribution in [-0.4, -0.2) is 6.61 Å². The molecule has 1 atom stereocenters. The summed E-state index contributed by atoms with van der Waals surface area (Å²) in [6, 6.07) is 9.92. The molecule has 0 saturated heterocycles. The fourth-order valence-electron chi connectivity index (χ4n) is 1.48. The molecule has 0 saturated carbocycles. The van der Waals surface area contributed by atoms with Gasteiger partial charge >= 0.3 is 0 Å². The van der Waals surface area contributed by atoms with E-state index in [4.69, 9.17) is 15.7 Å². The van der Waals surface area contributed by atoms with Crippen LogP contribution in [0.5, 0.6) is 5.75 Å². The lowest BCUT2D eigenvalue weighted by atomic mass is 10.1. The molecule has 3 heteroatoms. The Morgan fingerprint density at radius 2 is 2.12 bits per heavy atom. The Hall–Kier alpha value is -1.53. The molecule has 0 bridgehead atoms. The molecule has 0 amide bonds. The molecule has 0 aliphatic carbocycles. The van der Waals surface area contributed by atoms with Crippen molar-refractivity contribution in [1.82, 2.24) is 0 Å². The van der Waals surface area contributed by atoms with Crippen molar-refractivity contribution in [1.29, 1.82) is 5.26 Å². The van der Waals surface area contributed by atoms with Crippen LogP contribution >= 0.6 is 0 Å². The van der Waals surface area contributed by atoms with Crippen LogP contribution in [0.25, 0.3) is 0 Å². The molecule has 0 unspecified atom stereocenters. The van der Waals surface area contributed by atoms with Crippen molar-refractivity contribution in [3.8, 4) is 11.8 Å². The van der Waals surface area contributed by atoms with E-state index in [1.807, 2.05) is 31.2 Å². The maximum atomic E-state index is 8.39. The number of para-hydroxylation sites is 1. The Morgan fingerprint density at radius 3 is 2.81 bits per heavy atom. The highest BCUT2D eigenvalue weighted by Crippen LogP contribution is 2.23. The molecule has 16 heavy (non-hydrogen) atoms. The smallest absolute Gasteiger partial charge is 0.124 e. The first-order valence-corrected chi connectivity index (χ1v) is 5.60. The highest BCUT2D eigenvalue weighted by molar-refractivity contribution is 5.35. The molecular formula is C13H18N2O. The van der Waals surface area contributed by atoms with Crippen LogP contribution in [0, 0.1) is 11.3 Å².